The van der Waals surface area contributed by atoms with Crippen LogP contribution in [-0.2, 0) is 5.41 Å². The van der Waals surface area contributed by atoms with Crippen molar-refractivity contribution < 1.29 is 4.74 Å². The normalized spacial score (nSPS) is 16.1. The predicted octanol–water partition coefficient (Wildman–Crippen LogP) is 3.67. The molecule has 0 spiro atoms. The van der Waals surface area contributed by atoms with Gasteiger partial charge in [-0.15, -0.1) is 0 Å². The molecular weight excluding hydrogens is 210 g/mol. The molecule has 0 N–H and O–H groups in total. The van der Waals surface area contributed by atoms with Crippen LogP contribution in [0.15, 0.2) is 24.3 Å². The monoisotopic (exact) mass is 229 g/mol. The maximum absolute atomic E-state index is 9.05. The molecule has 0 saturated heterocycles. The number of nitrogens with zero attached hydrogens (tertiary/aromatic N) is 1. The van der Waals surface area contributed by atoms with Gasteiger partial charge < -0.3 is 4.74 Å². The fourth-order valence-corrected chi connectivity index (χ4v) is 1.91. The summed E-state index contributed by atoms with van der Waals surface area (Å²) >= 11 is 0. The first-order chi connectivity index (χ1) is 8.12. The fraction of sp³-hybridized carbons (Fsp3) is 0.533. The standard InChI is InChI=1S/C15H19NO/c1-15(2,11-16)13-6-8-14(9-7-13)17-10-12-4-3-5-12/h6-9,12H,3-5,10H2,1-2H3. The van der Waals surface area contributed by atoms with Crippen LogP contribution < -0.4 is 4.74 Å². The van der Waals surface area contributed by atoms with Crippen molar-refractivity contribution >= 4 is 0 Å². The van der Waals surface area contributed by atoms with Crippen LogP contribution in [0.25, 0.3) is 0 Å². The molecule has 2 nitrogen and oxygen atoms in total. The van der Waals surface area contributed by atoms with Crippen LogP contribution in [0.5, 0.6) is 5.75 Å². The molecule has 0 amide bonds. The second-order valence-electron chi connectivity index (χ2n) is 5.37. The van der Waals surface area contributed by atoms with Gasteiger partial charge in [-0.1, -0.05) is 18.6 Å². The second kappa shape index (κ2) is 4.79. The summed E-state index contributed by atoms with van der Waals surface area (Å²) in [5.74, 6) is 1.67. The highest BCUT2D eigenvalue weighted by molar-refractivity contribution is 5.35. The molecule has 0 bridgehead atoms. The Morgan fingerprint density at radius 2 is 1.94 bits per heavy atom. The summed E-state index contributed by atoms with van der Waals surface area (Å²) in [5, 5.41) is 9.05. The maximum atomic E-state index is 9.05. The topological polar surface area (TPSA) is 33.0 Å². The van der Waals surface area contributed by atoms with Crippen LogP contribution in [0.1, 0.15) is 38.7 Å². The summed E-state index contributed by atoms with van der Waals surface area (Å²) in [5.41, 5.74) is 0.614. The van der Waals surface area contributed by atoms with Crippen molar-refractivity contribution in [1.82, 2.24) is 0 Å². The average Bonchev–Trinajstić information content (AvgIpc) is 2.28. The van der Waals surface area contributed by atoms with Gasteiger partial charge in [0.15, 0.2) is 0 Å². The van der Waals surface area contributed by atoms with Crippen molar-refractivity contribution in [2.75, 3.05) is 6.61 Å². The van der Waals surface area contributed by atoms with Gasteiger partial charge >= 0.3 is 0 Å². The van der Waals surface area contributed by atoms with Gasteiger partial charge in [-0.25, -0.2) is 0 Å². The largest absolute Gasteiger partial charge is 0.493 e. The molecule has 1 aliphatic rings. The number of ether oxygens (including phenoxy) is 1. The smallest absolute Gasteiger partial charge is 0.119 e. The Morgan fingerprint density at radius 3 is 2.41 bits per heavy atom. The van der Waals surface area contributed by atoms with Crippen LogP contribution in [0.3, 0.4) is 0 Å². The average molecular weight is 229 g/mol. The van der Waals surface area contributed by atoms with Gasteiger partial charge in [-0.2, -0.15) is 5.26 Å². The van der Waals surface area contributed by atoms with Crippen molar-refractivity contribution in [2.24, 2.45) is 5.92 Å². The van der Waals surface area contributed by atoms with Crippen LogP contribution in [0.2, 0.25) is 0 Å². The summed E-state index contributed by atoms with van der Waals surface area (Å²) in [6.07, 6.45) is 3.96. The summed E-state index contributed by atoms with van der Waals surface area (Å²) in [6, 6.07) is 10.2. The van der Waals surface area contributed by atoms with Gasteiger partial charge in [0.25, 0.3) is 0 Å². The van der Waals surface area contributed by atoms with Crippen molar-refractivity contribution in [3.63, 3.8) is 0 Å². The van der Waals surface area contributed by atoms with Crippen molar-refractivity contribution in [1.29, 1.82) is 5.26 Å². The van der Waals surface area contributed by atoms with Gasteiger partial charge in [-0.3, -0.25) is 0 Å². The Bertz CT molecular complexity index is 410. The summed E-state index contributed by atoms with van der Waals surface area (Å²) in [4.78, 5) is 0. The van der Waals surface area contributed by atoms with E-state index in [2.05, 4.69) is 6.07 Å². The molecule has 1 fully saturated rings. The molecule has 0 aromatic heterocycles. The van der Waals surface area contributed by atoms with E-state index in [1.165, 1.54) is 19.3 Å². The quantitative estimate of drug-likeness (QED) is 0.789. The predicted molar refractivity (Wildman–Crippen MR) is 67.9 cm³/mol. The Kier molecular flexibility index (Phi) is 3.38. The Labute approximate surface area is 103 Å². The first kappa shape index (κ1) is 12.0. The van der Waals surface area contributed by atoms with Crippen LogP contribution in [-0.4, -0.2) is 6.61 Å². The lowest BCUT2D eigenvalue weighted by Crippen LogP contribution is -2.19. The van der Waals surface area contributed by atoms with Crippen LogP contribution in [0.4, 0.5) is 0 Å². The molecule has 0 radical (unpaired) electrons. The van der Waals surface area contributed by atoms with E-state index in [1.54, 1.807) is 0 Å². The molecule has 2 rings (SSSR count). The molecule has 0 atom stereocenters. The van der Waals surface area contributed by atoms with E-state index < -0.39 is 5.41 Å². The lowest BCUT2D eigenvalue weighted by atomic mass is 9.86. The Balaban J connectivity index is 1.95. The third-order valence-corrected chi connectivity index (χ3v) is 3.57. The lowest BCUT2D eigenvalue weighted by Gasteiger charge is -2.25. The third kappa shape index (κ3) is 2.79. The first-order valence-corrected chi connectivity index (χ1v) is 6.26. The molecule has 0 aliphatic heterocycles. The molecule has 2 heteroatoms. The van der Waals surface area contributed by atoms with E-state index in [9.17, 15) is 0 Å². The van der Waals surface area contributed by atoms with E-state index in [0.717, 1.165) is 23.8 Å². The van der Waals surface area contributed by atoms with Gasteiger partial charge in [0.05, 0.1) is 18.1 Å². The van der Waals surface area contributed by atoms with Gasteiger partial charge in [0, 0.05) is 0 Å². The minimum absolute atomic E-state index is 0.424. The fourth-order valence-electron chi connectivity index (χ4n) is 1.91. The number of hydrogen-bond donors (Lipinski definition) is 0. The maximum Gasteiger partial charge on any atom is 0.119 e. The SMILES string of the molecule is CC(C)(C#N)c1ccc(OCC2CCC2)cc1. The molecule has 90 valence electrons. The van der Waals surface area contributed by atoms with Gasteiger partial charge in [-0.05, 0) is 50.3 Å². The highest BCUT2D eigenvalue weighted by Crippen LogP contribution is 2.28. The number of hydrogen-bond acceptors (Lipinski definition) is 2. The van der Waals surface area contributed by atoms with Crippen molar-refractivity contribution in [3.8, 4) is 11.8 Å². The molecule has 1 aliphatic carbocycles. The van der Waals surface area contributed by atoms with E-state index in [-0.39, 0.29) is 0 Å². The zero-order valence-corrected chi connectivity index (χ0v) is 10.6. The summed E-state index contributed by atoms with van der Waals surface area (Å²) in [7, 11) is 0. The minimum Gasteiger partial charge on any atom is -0.493 e. The highest BCUT2D eigenvalue weighted by atomic mass is 16.5. The zero-order valence-electron chi connectivity index (χ0n) is 10.6. The summed E-state index contributed by atoms with van der Waals surface area (Å²) in [6.45, 7) is 4.69. The number of benzene rings is 1. The Hall–Kier alpha value is -1.49. The van der Waals surface area contributed by atoms with Crippen molar-refractivity contribution in [2.45, 2.75) is 38.5 Å². The van der Waals surface area contributed by atoms with Crippen LogP contribution >= 0.6 is 0 Å². The molecule has 1 aromatic carbocycles. The van der Waals surface area contributed by atoms with E-state index in [4.69, 9.17) is 10.00 Å². The third-order valence-electron chi connectivity index (χ3n) is 3.57. The van der Waals surface area contributed by atoms with E-state index >= 15 is 0 Å². The van der Waals surface area contributed by atoms with E-state index in [0.29, 0.717) is 0 Å². The number of rotatable bonds is 4. The number of nitriles is 1. The molecule has 17 heavy (non-hydrogen) atoms. The molecule has 1 aromatic rings. The summed E-state index contributed by atoms with van der Waals surface area (Å²) < 4.78 is 5.73. The molecular formula is C15H19NO. The zero-order chi connectivity index (χ0) is 12.3. The Morgan fingerprint density at radius 1 is 1.29 bits per heavy atom. The lowest BCUT2D eigenvalue weighted by molar-refractivity contribution is 0.180. The minimum atomic E-state index is -0.424. The first-order valence-electron chi connectivity index (χ1n) is 6.26. The van der Waals surface area contributed by atoms with Gasteiger partial charge in [0.1, 0.15) is 5.75 Å². The highest BCUT2D eigenvalue weighted by Gasteiger charge is 2.20. The van der Waals surface area contributed by atoms with Crippen molar-refractivity contribution in [3.05, 3.63) is 29.8 Å². The van der Waals surface area contributed by atoms with E-state index in [1.807, 2.05) is 38.1 Å². The second-order valence-corrected chi connectivity index (χ2v) is 5.37. The molecule has 0 heterocycles. The van der Waals surface area contributed by atoms with Gasteiger partial charge in [0.2, 0.25) is 0 Å². The molecule has 0 unspecified atom stereocenters. The molecule has 1 saturated carbocycles. The van der Waals surface area contributed by atoms with Crippen LogP contribution in [0, 0.1) is 17.2 Å².